The molecule has 2 N–H and O–H groups in total. The fraction of sp³-hybridized carbons (Fsp3) is 0.300. The van der Waals surface area contributed by atoms with Crippen molar-refractivity contribution in [1.29, 1.82) is 0 Å². The summed E-state index contributed by atoms with van der Waals surface area (Å²) < 4.78 is 5.19. The van der Waals surface area contributed by atoms with Crippen LogP contribution in [0.1, 0.15) is 11.1 Å². The van der Waals surface area contributed by atoms with Crippen molar-refractivity contribution >= 4 is 10.9 Å². The highest BCUT2D eigenvalue weighted by Gasteiger charge is 2.11. The highest BCUT2D eigenvalue weighted by Crippen LogP contribution is 2.26. The van der Waals surface area contributed by atoms with Crippen molar-refractivity contribution in [2.24, 2.45) is 0 Å². The van der Waals surface area contributed by atoms with Crippen LogP contribution < -0.4 is 10.3 Å². The number of benzene rings is 1. The number of H-pyrrole nitrogens is 2. The minimum Gasteiger partial charge on any atom is -0.496 e. The molecular weight excluding hydrogens is 180 g/mol. The van der Waals surface area contributed by atoms with Gasteiger partial charge in [-0.3, -0.25) is 15.0 Å². The molecule has 0 amide bonds. The van der Waals surface area contributed by atoms with Gasteiger partial charge in [-0.15, -0.1) is 0 Å². The fourth-order valence-corrected chi connectivity index (χ4v) is 1.72. The molecule has 0 spiro atoms. The summed E-state index contributed by atoms with van der Waals surface area (Å²) in [7, 11) is 1.61. The summed E-state index contributed by atoms with van der Waals surface area (Å²) in [6, 6.07) is 1.92. The highest BCUT2D eigenvalue weighted by molar-refractivity contribution is 5.86. The van der Waals surface area contributed by atoms with Crippen LogP contribution >= 0.6 is 0 Å². The van der Waals surface area contributed by atoms with Crippen LogP contribution in [0.3, 0.4) is 0 Å². The Bertz CT molecular complexity index is 537. The zero-order valence-corrected chi connectivity index (χ0v) is 8.39. The second-order valence-corrected chi connectivity index (χ2v) is 3.35. The maximum absolute atomic E-state index is 11.5. The van der Waals surface area contributed by atoms with Crippen molar-refractivity contribution in [3.8, 4) is 5.75 Å². The number of hydrogen-bond donors (Lipinski definition) is 2. The standard InChI is InChI=1S/C10H12N2O2/c1-5-4-7(14-3)6(2)8-9(5)11-12-10(8)13/h4H,1-3H3,(H2,11,12,13). The average Bonchev–Trinajstić information content (AvgIpc) is 2.54. The molecule has 0 unspecified atom stereocenters. The first kappa shape index (κ1) is 8.87. The van der Waals surface area contributed by atoms with E-state index in [-0.39, 0.29) is 5.56 Å². The van der Waals surface area contributed by atoms with Gasteiger partial charge in [0.25, 0.3) is 5.56 Å². The van der Waals surface area contributed by atoms with Gasteiger partial charge in [-0.1, -0.05) is 0 Å². The summed E-state index contributed by atoms with van der Waals surface area (Å²) in [5.41, 5.74) is 2.63. The number of aromatic amines is 2. The first-order chi connectivity index (χ1) is 6.65. The zero-order valence-electron chi connectivity index (χ0n) is 8.39. The normalized spacial score (nSPS) is 10.8. The van der Waals surface area contributed by atoms with Crippen LogP contribution in [0.25, 0.3) is 10.9 Å². The molecule has 0 saturated carbocycles. The van der Waals surface area contributed by atoms with Crippen molar-refractivity contribution in [3.05, 3.63) is 27.5 Å². The Balaban J connectivity index is 2.98. The molecule has 1 aromatic heterocycles. The molecule has 0 bridgehead atoms. The lowest BCUT2D eigenvalue weighted by Gasteiger charge is -2.06. The van der Waals surface area contributed by atoms with Gasteiger partial charge >= 0.3 is 0 Å². The van der Waals surface area contributed by atoms with Crippen LogP contribution in [0, 0.1) is 13.8 Å². The third-order valence-electron chi connectivity index (χ3n) is 2.48. The van der Waals surface area contributed by atoms with Crippen LogP contribution in [0.4, 0.5) is 0 Å². The van der Waals surface area contributed by atoms with Gasteiger partial charge < -0.3 is 4.74 Å². The van der Waals surface area contributed by atoms with Crippen LogP contribution in [-0.4, -0.2) is 17.3 Å². The fourth-order valence-electron chi connectivity index (χ4n) is 1.72. The molecular formula is C10H12N2O2. The predicted octanol–water partition coefficient (Wildman–Crippen LogP) is 1.48. The van der Waals surface area contributed by atoms with Crippen LogP contribution in [-0.2, 0) is 0 Å². The Labute approximate surface area is 80.9 Å². The van der Waals surface area contributed by atoms with E-state index in [1.165, 1.54) is 0 Å². The topological polar surface area (TPSA) is 57.9 Å². The van der Waals surface area contributed by atoms with Gasteiger partial charge in [-0.2, -0.15) is 0 Å². The summed E-state index contributed by atoms with van der Waals surface area (Å²) in [6.07, 6.45) is 0. The van der Waals surface area contributed by atoms with Gasteiger partial charge in [0, 0.05) is 5.56 Å². The highest BCUT2D eigenvalue weighted by atomic mass is 16.5. The van der Waals surface area contributed by atoms with E-state index in [0.717, 1.165) is 22.4 Å². The van der Waals surface area contributed by atoms with Crippen LogP contribution in [0.15, 0.2) is 10.9 Å². The third kappa shape index (κ3) is 1.04. The minimum atomic E-state index is -0.0977. The van der Waals surface area contributed by atoms with E-state index in [9.17, 15) is 4.79 Å². The number of fused-ring (bicyclic) bond motifs is 1. The first-order valence-corrected chi connectivity index (χ1v) is 4.39. The van der Waals surface area contributed by atoms with E-state index in [4.69, 9.17) is 4.74 Å². The van der Waals surface area contributed by atoms with Gasteiger partial charge in [-0.05, 0) is 25.5 Å². The Kier molecular flexibility index (Phi) is 1.84. The van der Waals surface area contributed by atoms with Gasteiger partial charge in [0.05, 0.1) is 18.0 Å². The molecule has 4 heteroatoms. The number of aromatic nitrogens is 2. The molecule has 4 nitrogen and oxygen atoms in total. The molecule has 0 saturated heterocycles. The summed E-state index contributed by atoms with van der Waals surface area (Å²) in [4.78, 5) is 11.5. The van der Waals surface area contributed by atoms with E-state index in [2.05, 4.69) is 10.2 Å². The monoisotopic (exact) mass is 192 g/mol. The van der Waals surface area contributed by atoms with Crippen molar-refractivity contribution < 1.29 is 4.74 Å². The number of rotatable bonds is 1. The lowest BCUT2D eigenvalue weighted by molar-refractivity contribution is 0.412. The summed E-state index contributed by atoms with van der Waals surface area (Å²) in [6.45, 7) is 3.82. The van der Waals surface area contributed by atoms with Crippen LogP contribution in [0.2, 0.25) is 0 Å². The molecule has 0 fully saturated rings. The third-order valence-corrected chi connectivity index (χ3v) is 2.48. The predicted molar refractivity (Wildman–Crippen MR) is 54.9 cm³/mol. The average molecular weight is 192 g/mol. The SMILES string of the molecule is COc1cc(C)c2[nH][nH]c(=O)c2c1C. The van der Waals surface area contributed by atoms with E-state index in [0.29, 0.717) is 5.39 Å². The molecule has 0 radical (unpaired) electrons. The van der Waals surface area contributed by atoms with Gasteiger partial charge in [-0.25, -0.2) is 0 Å². The second-order valence-electron chi connectivity index (χ2n) is 3.35. The molecule has 0 aliphatic heterocycles. The first-order valence-electron chi connectivity index (χ1n) is 4.39. The Morgan fingerprint density at radius 3 is 2.64 bits per heavy atom. The van der Waals surface area contributed by atoms with E-state index < -0.39 is 0 Å². The maximum Gasteiger partial charge on any atom is 0.272 e. The molecule has 2 aromatic rings. The van der Waals surface area contributed by atoms with Gasteiger partial charge in [0.1, 0.15) is 5.75 Å². The van der Waals surface area contributed by atoms with Crippen molar-refractivity contribution in [3.63, 3.8) is 0 Å². The lowest BCUT2D eigenvalue weighted by atomic mass is 10.1. The number of ether oxygens (including phenoxy) is 1. The quantitative estimate of drug-likeness (QED) is 0.719. The molecule has 2 rings (SSSR count). The Hall–Kier alpha value is -1.71. The lowest BCUT2D eigenvalue weighted by Crippen LogP contribution is -2.00. The Morgan fingerprint density at radius 1 is 1.29 bits per heavy atom. The molecule has 1 heterocycles. The van der Waals surface area contributed by atoms with Crippen LogP contribution in [0.5, 0.6) is 5.75 Å². The maximum atomic E-state index is 11.5. The molecule has 74 valence electrons. The molecule has 0 aliphatic carbocycles. The molecule has 0 atom stereocenters. The summed E-state index contributed by atoms with van der Waals surface area (Å²) >= 11 is 0. The molecule has 0 aliphatic rings. The van der Waals surface area contributed by atoms with E-state index in [1.807, 2.05) is 19.9 Å². The Morgan fingerprint density at radius 2 is 2.00 bits per heavy atom. The smallest absolute Gasteiger partial charge is 0.272 e. The number of nitrogens with one attached hydrogen (secondary N) is 2. The van der Waals surface area contributed by atoms with Gasteiger partial charge in [0.15, 0.2) is 0 Å². The van der Waals surface area contributed by atoms with Crippen molar-refractivity contribution in [2.75, 3.05) is 7.11 Å². The molecule has 14 heavy (non-hydrogen) atoms. The minimum absolute atomic E-state index is 0.0977. The van der Waals surface area contributed by atoms with E-state index in [1.54, 1.807) is 7.11 Å². The number of aryl methyl sites for hydroxylation is 2. The summed E-state index contributed by atoms with van der Waals surface area (Å²) in [5, 5.41) is 6.11. The van der Waals surface area contributed by atoms with Crippen molar-refractivity contribution in [2.45, 2.75) is 13.8 Å². The number of methoxy groups -OCH3 is 1. The number of hydrogen-bond acceptors (Lipinski definition) is 2. The molecule has 1 aromatic carbocycles. The van der Waals surface area contributed by atoms with E-state index >= 15 is 0 Å². The van der Waals surface area contributed by atoms with Crippen molar-refractivity contribution in [1.82, 2.24) is 10.2 Å². The zero-order chi connectivity index (χ0) is 10.3. The second kappa shape index (κ2) is 2.90. The van der Waals surface area contributed by atoms with Gasteiger partial charge in [0.2, 0.25) is 0 Å². The largest absolute Gasteiger partial charge is 0.496 e. The summed E-state index contributed by atoms with van der Waals surface area (Å²) in [5.74, 6) is 0.750.